The molecule has 1 atom stereocenters. The maximum Gasteiger partial charge on any atom is 0.127 e. The monoisotopic (exact) mass is 293 g/mol. The van der Waals surface area contributed by atoms with Gasteiger partial charge < -0.3 is 10.5 Å². The largest absolute Gasteiger partial charge is 0.494 e. The molecule has 0 amide bonds. The van der Waals surface area contributed by atoms with E-state index in [1.165, 1.54) is 6.07 Å². The Morgan fingerprint density at radius 1 is 1.25 bits per heavy atom. The summed E-state index contributed by atoms with van der Waals surface area (Å²) in [7, 11) is 0. The lowest BCUT2D eigenvalue weighted by atomic mass is 9.99. The van der Waals surface area contributed by atoms with E-state index in [0.717, 1.165) is 11.3 Å². The third-order valence-corrected chi connectivity index (χ3v) is 3.44. The molecule has 0 saturated heterocycles. The summed E-state index contributed by atoms with van der Waals surface area (Å²) in [6.07, 6.45) is 0.348. The van der Waals surface area contributed by atoms with Crippen LogP contribution in [0, 0.1) is 5.82 Å². The van der Waals surface area contributed by atoms with Crippen LogP contribution in [0.4, 0.5) is 4.39 Å². The normalized spacial score (nSPS) is 12.2. The van der Waals surface area contributed by atoms with Gasteiger partial charge in [-0.25, -0.2) is 4.39 Å². The Labute approximate surface area is 123 Å². The Bertz CT molecular complexity index is 568. The van der Waals surface area contributed by atoms with Gasteiger partial charge in [0, 0.05) is 16.6 Å². The predicted molar refractivity (Wildman–Crippen MR) is 79.7 cm³/mol. The number of nitrogens with two attached hydrogens (primary N) is 1. The van der Waals surface area contributed by atoms with Crippen LogP contribution in [0.15, 0.2) is 42.5 Å². The first-order valence-corrected chi connectivity index (χ1v) is 6.91. The minimum absolute atomic E-state index is 0.325. The molecule has 0 fully saturated rings. The highest BCUT2D eigenvalue weighted by atomic mass is 35.5. The molecule has 0 aliphatic heterocycles. The lowest BCUT2D eigenvalue weighted by Crippen LogP contribution is -2.14. The van der Waals surface area contributed by atoms with Gasteiger partial charge in [0.15, 0.2) is 0 Å². The van der Waals surface area contributed by atoms with Crippen LogP contribution in [-0.4, -0.2) is 6.61 Å². The maximum atomic E-state index is 13.8. The molecule has 0 aliphatic carbocycles. The number of hydrogen-bond acceptors (Lipinski definition) is 2. The van der Waals surface area contributed by atoms with Crippen LogP contribution in [0.1, 0.15) is 24.1 Å². The van der Waals surface area contributed by atoms with Crippen molar-refractivity contribution in [3.05, 3.63) is 64.4 Å². The zero-order valence-electron chi connectivity index (χ0n) is 11.3. The van der Waals surface area contributed by atoms with E-state index in [4.69, 9.17) is 22.1 Å². The van der Waals surface area contributed by atoms with Crippen molar-refractivity contribution in [1.82, 2.24) is 0 Å². The fourth-order valence-electron chi connectivity index (χ4n) is 2.07. The van der Waals surface area contributed by atoms with Crippen LogP contribution in [0.5, 0.6) is 5.75 Å². The summed E-state index contributed by atoms with van der Waals surface area (Å²) >= 11 is 6.02. The summed E-state index contributed by atoms with van der Waals surface area (Å²) in [5.41, 5.74) is 7.50. The number of rotatable bonds is 5. The molecule has 2 rings (SSSR count). The van der Waals surface area contributed by atoms with Crippen molar-refractivity contribution in [2.75, 3.05) is 6.61 Å². The number of ether oxygens (including phenoxy) is 1. The van der Waals surface area contributed by atoms with Crippen molar-refractivity contribution >= 4 is 11.6 Å². The van der Waals surface area contributed by atoms with Gasteiger partial charge in [-0.3, -0.25) is 0 Å². The third-order valence-electron chi connectivity index (χ3n) is 3.08. The van der Waals surface area contributed by atoms with E-state index >= 15 is 0 Å². The number of hydrogen-bond donors (Lipinski definition) is 1. The highest BCUT2D eigenvalue weighted by Gasteiger charge is 2.13. The third kappa shape index (κ3) is 3.50. The lowest BCUT2D eigenvalue weighted by molar-refractivity contribution is 0.339. The quantitative estimate of drug-likeness (QED) is 0.900. The topological polar surface area (TPSA) is 35.2 Å². The second kappa shape index (κ2) is 6.73. The molecule has 2 aromatic carbocycles. The van der Waals surface area contributed by atoms with Crippen molar-refractivity contribution in [3.63, 3.8) is 0 Å². The maximum absolute atomic E-state index is 13.8. The van der Waals surface area contributed by atoms with E-state index in [1.807, 2.05) is 31.2 Å². The molecule has 106 valence electrons. The van der Waals surface area contributed by atoms with Gasteiger partial charge in [-0.2, -0.15) is 0 Å². The molecule has 0 radical (unpaired) electrons. The van der Waals surface area contributed by atoms with Crippen LogP contribution in [0.2, 0.25) is 5.02 Å². The minimum Gasteiger partial charge on any atom is -0.494 e. The zero-order valence-corrected chi connectivity index (χ0v) is 12.0. The SMILES string of the molecule is CCOc1cccc(C(N)Cc2c(F)cccc2Cl)c1. The molecule has 2 nitrogen and oxygen atoms in total. The van der Waals surface area contributed by atoms with Gasteiger partial charge in [0.25, 0.3) is 0 Å². The molecule has 2 N–H and O–H groups in total. The van der Waals surface area contributed by atoms with Crippen molar-refractivity contribution in [2.45, 2.75) is 19.4 Å². The van der Waals surface area contributed by atoms with E-state index in [1.54, 1.807) is 12.1 Å². The second-order valence-corrected chi connectivity index (χ2v) is 4.92. The van der Waals surface area contributed by atoms with Gasteiger partial charge in [0.2, 0.25) is 0 Å². The Kier molecular flexibility index (Phi) is 4.99. The van der Waals surface area contributed by atoms with Crippen LogP contribution < -0.4 is 10.5 Å². The lowest BCUT2D eigenvalue weighted by Gasteiger charge is -2.15. The molecule has 0 spiro atoms. The van der Waals surface area contributed by atoms with Gasteiger partial charge in [-0.05, 0) is 43.2 Å². The van der Waals surface area contributed by atoms with Crippen molar-refractivity contribution in [3.8, 4) is 5.75 Å². The van der Waals surface area contributed by atoms with Gasteiger partial charge in [0.1, 0.15) is 11.6 Å². The molecular formula is C16H17ClFNO. The zero-order chi connectivity index (χ0) is 14.5. The summed E-state index contributed by atoms with van der Waals surface area (Å²) in [5.74, 6) is 0.439. The molecule has 0 aromatic heterocycles. The molecule has 4 heteroatoms. The van der Waals surface area contributed by atoms with Crippen molar-refractivity contribution in [1.29, 1.82) is 0 Å². The van der Waals surface area contributed by atoms with E-state index in [0.29, 0.717) is 23.6 Å². The molecule has 0 heterocycles. The van der Waals surface area contributed by atoms with Crippen molar-refractivity contribution < 1.29 is 9.13 Å². The first-order valence-electron chi connectivity index (χ1n) is 6.53. The van der Waals surface area contributed by atoms with Crippen LogP contribution in [0.3, 0.4) is 0 Å². The summed E-state index contributed by atoms with van der Waals surface area (Å²) in [6, 6.07) is 11.9. The van der Waals surface area contributed by atoms with Gasteiger partial charge in [-0.1, -0.05) is 29.8 Å². The van der Waals surface area contributed by atoms with E-state index in [-0.39, 0.29) is 11.9 Å². The fourth-order valence-corrected chi connectivity index (χ4v) is 2.31. The highest BCUT2D eigenvalue weighted by Crippen LogP contribution is 2.26. The van der Waals surface area contributed by atoms with Crippen LogP contribution in [-0.2, 0) is 6.42 Å². The average Bonchev–Trinajstić information content (AvgIpc) is 2.43. The first-order chi connectivity index (χ1) is 9.61. The second-order valence-electron chi connectivity index (χ2n) is 4.52. The average molecular weight is 294 g/mol. The molecule has 0 saturated carbocycles. The Morgan fingerprint density at radius 3 is 2.70 bits per heavy atom. The minimum atomic E-state index is -0.329. The molecule has 1 unspecified atom stereocenters. The van der Waals surface area contributed by atoms with E-state index in [2.05, 4.69) is 0 Å². The van der Waals surface area contributed by atoms with Crippen LogP contribution >= 0.6 is 11.6 Å². The molecular weight excluding hydrogens is 277 g/mol. The van der Waals surface area contributed by atoms with Gasteiger partial charge >= 0.3 is 0 Å². The Hall–Kier alpha value is -1.58. The molecule has 20 heavy (non-hydrogen) atoms. The summed E-state index contributed by atoms with van der Waals surface area (Å²) in [5, 5.41) is 0.404. The van der Waals surface area contributed by atoms with Gasteiger partial charge in [-0.15, -0.1) is 0 Å². The standard InChI is InChI=1S/C16H17ClFNO/c1-2-20-12-6-3-5-11(9-12)16(19)10-13-14(17)7-4-8-15(13)18/h3-9,16H,2,10,19H2,1H3. The summed E-state index contributed by atoms with van der Waals surface area (Å²) in [4.78, 5) is 0. The molecule has 0 bridgehead atoms. The smallest absolute Gasteiger partial charge is 0.127 e. The summed E-state index contributed by atoms with van der Waals surface area (Å²) < 4.78 is 19.2. The summed E-state index contributed by atoms with van der Waals surface area (Å²) in [6.45, 7) is 2.52. The Balaban J connectivity index is 2.19. The van der Waals surface area contributed by atoms with E-state index in [9.17, 15) is 4.39 Å². The van der Waals surface area contributed by atoms with Crippen molar-refractivity contribution in [2.24, 2.45) is 5.73 Å². The predicted octanol–water partition coefficient (Wildman–Crippen LogP) is 4.12. The Morgan fingerprint density at radius 2 is 2.00 bits per heavy atom. The first kappa shape index (κ1) is 14.8. The van der Waals surface area contributed by atoms with Crippen LogP contribution in [0.25, 0.3) is 0 Å². The van der Waals surface area contributed by atoms with E-state index < -0.39 is 0 Å². The highest BCUT2D eigenvalue weighted by molar-refractivity contribution is 6.31. The number of halogens is 2. The number of benzene rings is 2. The fraction of sp³-hybridized carbons (Fsp3) is 0.250. The molecule has 2 aromatic rings. The molecule has 0 aliphatic rings. The van der Waals surface area contributed by atoms with Gasteiger partial charge in [0.05, 0.1) is 6.61 Å².